The van der Waals surface area contributed by atoms with Crippen LogP contribution in [0.25, 0.3) is 0 Å². The number of halogens is 1. The van der Waals surface area contributed by atoms with Crippen LogP contribution in [0.15, 0.2) is 30.3 Å². The zero-order valence-electron chi connectivity index (χ0n) is 18.6. The SMILES string of the molecule is Cc1cc(C(=O)N2CCCCC2C)ccc1NC(=O)Cc1cc(Cl)c2c(c1)OCCCO2. The van der Waals surface area contributed by atoms with Gasteiger partial charge in [0.2, 0.25) is 5.91 Å². The molecule has 0 spiro atoms. The number of hydrogen-bond acceptors (Lipinski definition) is 4. The molecule has 2 aromatic carbocycles. The third-order valence-electron chi connectivity index (χ3n) is 6.04. The van der Waals surface area contributed by atoms with Crippen molar-refractivity contribution in [2.75, 3.05) is 25.1 Å². The van der Waals surface area contributed by atoms with E-state index in [9.17, 15) is 9.59 Å². The lowest BCUT2D eigenvalue weighted by Crippen LogP contribution is -2.42. The van der Waals surface area contributed by atoms with E-state index in [1.807, 2.05) is 17.9 Å². The summed E-state index contributed by atoms with van der Waals surface area (Å²) in [7, 11) is 0. The summed E-state index contributed by atoms with van der Waals surface area (Å²) in [5.74, 6) is 0.999. The van der Waals surface area contributed by atoms with Gasteiger partial charge < -0.3 is 19.7 Å². The number of carbonyl (C=O) groups excluding carboxylic acids is 2. The number of amides is 2. The Morgan fingerprint density at radius 1 is 1.12 bits per heavy atom. The van der Waals surface area contributed by atoms with E-state index in [0.717, 1.165) is 36.9 Å². The van der Waals surface area contributed by atoms with E-state index in [2.05, 4.69) is 12.2 Å². The highest BCUT2D eigenvalue weighted by Crippen LogP contribution is 2.38. The van der Waals surface area contributed by atoms with Gasteiger partial charge in [0.15, 0.2) is 11.5 Å². The van der Waals surface area contributed by atoms with Gasteiger partial charge in [-0.15, -0.1) is 0 Å². The second kappa shape index (κ2) is 9.82. The summed E-state index contributed by atoms with van der Waals surface area (Å²) in [5.41, 5.74) is 2.95. The van der Waals surface area contributed by atoms with E-state index in [4.69, 9.17) is 21.1 Å². The van der Waals surface area contributed by atoms with Gasteiger partial charge in [0, 0.05) is 30.3 Å². The van der Waals surface area contributed by atoms with Crippen LogP contribution in [-0.4, -0.2) is 42.5 Å². The summed E-state index contributed by atoms with van der Waals surface area (Å²) in [4.78, 5) is 27.6. The average molecular weight is 457 g/mol. The van der Waals surface area contributed by atoms with Crippen LogP contribution in [0.1, 0.15) is 54.1 Å². The smallest absolute Gasteiger partial charge is 0.254 e. The maximum absolute atomic E-state index is 12.9. The molecule has 1 unspecified atom stereocenters. The fourth-order valence-electron chi connectivity index (χ4n) is 4.27. The molecule has 2 heterocycles. The largest absolute Gasteiger partial charge is 0.489 e. The van der Waals surface area contributed by atoms with Crippen molar-refractivity contribution in [2.24, 2.45) is 0 Å². The Bertz CT molecular complexity index is 1020. The summed E-state index contributed by atoms with van der Waals surface area (Å²) in [5, 5.41) is 3.39. The first-order chi connectivity index (χ1) is 15.4. The molecule has 0 aromatic heterocycles. The maximum atomic E-state index is 12.9. The molecule has 1 N–H and O–H groups in total. The standard InChI is InChI=1S/C25H29ClN2O4/c1-16-12-19(25(30)28-9-4-3-6-17(28)2)7-8-21(16)27-23(29)15-18-13-20(26)24-22(14-18)31-10-5-11-32-24/h7-8,12-14,17H,3-6,9-11,15H2,1-2H3,(H,27,29). The predicted molar refractivity (Wildman–Crippen MR) is 125 cm³/mol. The van der Waals surface area contributed by atoms with Crippen LogP contribution in [0, 0.1) is 6.92 Å². The molecule has 1 fully saturated rings. The quantitative estimate of drug-likeness (QED) is 0.702. The summed E-state index contributed by atoms with van der Waals surface area (Å²) in [6.45, 7) is 5.91. The highest BCUT2D eigenvalue weighted by Gasteiger charge is 2.24. The van der Waals surface area contributed by atoms with Crippen LogP contribution in [0.3, 0.4) is 0 Å². The first kappa shape index (κ1) is 22.5. The minimum Gasteiger partial charge on any atom is -0.489 e. The van der Waals surface area contributed by atoms with Gasteiger partial charge in [-0.3, -0.25) is 9.59 Å². The molecule has 170 valence electrons. The van der Waals surface area contributed by atoms with Gasteiger partial charge >= 0.3 is 0 Å². The van der Waals surface area contributed by atoms with Crippen molar-refractivity contribution in [1.29, 1.82) is 0 Å². The third kappa shape index (κ3) is 5.01. The van der Waals surface area contributed by atoms with Crippen molar-refractivity contribution in [3.63, 3.8) is 0 Å². The predicted octanol–water partition coefficient (Wildman–Crippen LogP) is 5.01. The molecule has 7 heteroatoms. The summed E-state index contributed by atoms with van der Waals surface area (Å²) >= 11 is 6.34. The Kier molecular flexibility index (Phi) is 6.89. The van der Waals surface area contributed by atoms with Gasteiger partial charge in [0.1, 0.15) is 0 Å². The Morgan fingerprint density at radius 2 is 1.94 bits per heavy atom. The highest BCUT2D eigenvalue weighted by atomic mass is 35.5. The number of fused-ring (bicyclic) bond motifs is 1. The van der Waals surface area contributed by atoms with Crippen molar-refractivity contribution in [1.82, 2.24) is 4.90 Å². The summed E-state index contributed by atoms with van der Waals surface area (Å²) < 4.78 is 11.3. The Morgan fingerprint density at radius 3 is 2.72 bits per heavy atom. The van der Waals surface area contributed by atoms with Crippen molar-refractivity contribution in [3.8, 4) is 11.5 Å². The number of rotatable bonds is 4. The molecular formula is C25H29ClN2O4. The molecule has 2 aliphatic heterocycles. The third-order valence-corrected chi connectivity index (χ3v) is 6.32. The van der Waals surface area contributed by atoms with Gasteiger partial charge in [-0.25, -0.2) is 0 Å². The molecule has 0 saturated carbocycles. The van der Waals surface area contributed by atoms with Crippen molar-refractivity contribution >= 4 is 29.1 Å². The van der Waals surface area contributed by atoms with Gasteiger partial charge in [0.05, 0.1) is 24.7 Å². The summed E-state index contributed by atoms with van der Waals surface area (Å²) in [6, 6.07) is 9.25. The minimum atomic E-state index is -0.164. The highest BCUT2D eigenvalue weighted by molar-refractivity contribution is 6.32. The number of benzene rings is 2. The number of carbonyl (C=O) groups is 2. The molecule has 0 bridgehead atoms. The number of piperidine rings is 1. The van der Waals surface area contributed by atoms with Crippen LogP contribution in [-0.2, 0) is 11.2 Å². The van der Waals surface area contributed by atoms with Crippen molar-refractivity contribution in [2.45, 2.75) is 52.0 Å². The number of ether oxygens (including phenoxy) is 2. The van der Waals surface area contributed by atoms with Crippen molar-refractivity contribution in [3.05, 3.63) is 52.0 Å². The van der Waals surface area contributed by atoms with E-state index in [1.54, 1.807) is 24.3 Å². The lowest BCUT2D eigenvalue weighted by molar-refractivity contribution is -0.115. The van der Waals surface area contributed by atoms with E-state index < -0.39 is 0 Å². The van der Waals surface area contributed by atoms with E-state index in [-0.39, 0.29) is 24.3 Å². The van der Waals surface area contributed by atoms with Crippen LogP contribution in [0.4, 0.5) is 5.69 Å². The zero-order valence-corrected chi connectivity index (χ0v) is 19.3. The first-order valence-electron chi connectivity index (χ1n) is 11.2. The number of anilines is 1. The minimum absolute atomic E-state index is 0.0556. The Hall–Kier alpha value is -2.73. The van der Waals surface area contributed by atoms with Crippen LogP contribution in [0.2, 0.25) is 5.02 Å². The lowest BCUT2D eigenvalue weighted by Gasteiger charge is -2.33. The second-order valence-corrected chi connectivity index (χ2v) is 8.96. The van der Waals surface area contributed by atoms with Crippen LogP contribution < -0.4 is 14.8 Å². The molecule has 2 aromatic rings. The fraction of sp³-hybridized carbons (Fsp3) is 0.440. The normalized spacial score (nSPS) is 18.1. The first-order valence-corrected chi connectivity index (χ1v) is 11.6. The van der Waals surface area contributed by atoms with E-state index >= 15 is 0 Å². The fourth-order valence-corrected chi connectivity index (χ4v) is 4.56. The molecule has 2 aliphatic rings. The molecule has 0 aliphatic carbocycles. The van der Waals surface area contributed by atoms with Crippen molar-refractivity contribution < 1.29 is 19.1 Å². The van der Waals surface area contributed by atoms with E-state index in [1.165, 1.54) is 6.42 Å². The molecule has 32 heavy (non-hydrogen) atoms. The molecule has 6 nitrogen and oxygen atoms in total. The topological polar surface area (TPSA) is 67.9 Å². The molecule has 0 radical (unpaired) electrons. The zero-order chi connectivity index (χ0) is 22.7. The Labute approximate surface area is 193 Å². The molecular weight excluding hydrogens is 428 g/mol. The van der Waals surface area contributed by atoms with Gasteiger partial charge in [-0.05, 0) is 74.6 Å². The van der Waals surface area contributed by atoms with Gasteiger partial charge in [-0.1, -0.05) is 11.6 Å². The van der Waals surface area contributed by atoms with Gasteiger partial charge in [0.25, 0.3) is 5.91 Å². The monoisotopic (exact) mass is 456 g/mol. The number of nitrogens with zero attached hydrogens (tertiary/aromatic N) is 1. The molecule has 2 amide bonds. The number of aryl methyl sites for hydroxylation is 1. The maximum Gasteiger partial charge on any atom is 0.254 e. The number of likely N-dealkylation sites (tertiary alicyclic amines) is 1. The van der Waals surface area contributed by atoms with Crippen LogP contribution in [0.5, 0.6) is 11.5 Å². The number of nitrogens with one attached hydrogen (secondary N) is 1. The second-order valence-electron chi connectivity index (χ2n) is 8.55. The van der Waals surface area contributed by atoms with Gasteiger partial charge in [-0.2, -0.15) is 0 Å². The molecule has 4 rings (SSSR count). The number of hydrogen-bond donors (Lipinski definition) is 1. The molecule has 1 atom stereocenters. The lowest BCUT2D eigenvalue weighted by atomic mass is 10.0. The van der Waals surface area contributed by atoms with Crippen LogP contribution >= 0.6 is 11.6 Å². The Balaban J connectivity index is 1.43. The summed E-state index contributed by atoms with van der Waals surface area (Å²) in [6.07, 6.45) is 4.20. The van der Waals surface area contributed by atoms with E-state index in [0.29, 0.717) is 41.0 Å². The average Bonchev–Trinajstić information content (AvgIpc) is 3.01. The molecule has 1 saturated heterocycles.